The fraction of sp³-hybridized carbons (Fsp3) is 0.690. The molecule has 0 fully saturated rings. The molecular formula is C29H49N3O4. The molecule has 7 heteroatoms. The topological polar surface area (TPSA) is 87.7 Å². The van der Waals surface area contributed by atoms with Crippen LogP contribution in [0.2, 0.25) is 0 Å². The minimum Gasteiger partial charge on any atom is -0.444 e. The molecule has 0 spiro atoms. The number of ether oxygens (including phenoxy) is 1. The van der Waals surface area contributed by atoms with Crippen molar-refractivity contribution in [1.82, 2.24) is 15.5 Å². The molecule has 0 saturated heterocycles. The van der Waals surface area contributed by atoms with E-state index in [0.29, 0.717) is 19.5 Å². The molecule has 3 atom stereocenters. The molecule has 1 aromatic rings. The van der Waals surface area contributed by atoms with Crippen molar-refractivity contribution in [2.75, 3.05) is 13.1 Å². The summed E-state index contributed by atoms with van der Waals surface area (Å²) in [5, 5.41) is 5.85. The van der Waals surface area contributed by atoms with Crippen molar-refractivity contribution in [2.45, 2.75) is 112 Å². The highest BCUT2D eigenvalue weighted by Crippen LogP contribution is 2.26. The molecule has 0 aliphatic rings. The predicted molar refractivity (Wildman–Crippen MR) is 146 cm³/mol. The first-order valence-electron chi connectivity index (χ1n) is 13.6. The van der Waals surface area contributed by atoms with E-state index in [1.807, 2.05) is 45.0 Å². The van der Waals surface area contributed by atoms with Crippen molar-refractivity contribution < 1.29 is 19.1 Å². The van der Waals surface area contributed by atoms with Crippen molar-refractivity contribution in [1.29, 1.82) is 0 Å². The zero-order valence-corrected chi connectivity index (χ0v) is 23.8. The van der Waals surface area contributed by atoms with Gasteiger partial charge in [-0.2, -0.15) is 0 Å². The Morgan fingerprint density at radius 1 is 0.972 bits per heavy atom. The number of amides is 3. The normalized spacial score (nSPS) is 13.9. The number of nitrogens with zero attached hydrogens (tertiary/aromatic N) is 1. The van der Waals surface area contributed by atoms with Gasteiger partial charge in [-0.25, -0.2) is 4.79 Å². The Kier molecular flexibility index (Phi) is 13.6. The van der Waals surface area contributed by atoms with Crippen molar-refractivity contribution >= 4 is 17.9 Å². The average molecular weight is 504 g/mol. The van der Waals surface area contributed by atoms with Crippen LogP contribution in [-0.2, 0) is 14.3 Å². The molecule has 1 rings (SSSR count). The fourth-order valence-electron chi connectivity index (χ4n) is 3.90. The molecule has 0 saturated carbocycles. The number of carbonyl (C=O) groups is 3. The summed E-state index contributed by atoms with van der Waals surface area (Å²) >= 11 is 0. The van der Waals surface area contributed by atoms with Gasteiger partial charge >= 0.3 is 6.09 Å². The lowest BCUT2D eigenvalue weighted by atomic mass is 9.95. The summed E-state index contributed by atoms with van der Waals surface area (Å²) in [5.41, 5.74) is 1.16. The number of alkyl carbamates (subject to hydrolysis) is 1. The lowest BCUT2D eigenvalue weighted by Gasteiger charge is -2.36. The Bertz CT molecular complexity index is 817. The van der Waals surface area contributed by atoms with Crippen LogP contribution < -0.4 is 10.6 Å². The van der Waals surface area contributed by atoms with E-state index in [-0.39, 0.29) is 17.7 Å². The number of unbranched alkanes of at least 4 members (excludes halogenated alkanes) is 3. The molecule has 2 N–H and O–H groups in total. The number of nitrogens with one attached hydrogen (secondary N) is 2. The lowest BCUT2D eigenvalue weighted by Crippen LogP contribution is -2.55. The Morgan fingerprint density at radius 2 is 1.58 bits per heavy atom. The van der Waals surface area contributed by atoms with Crippen LogP contribution in [0.4, 0.5) is 4.79 Å². The molecule has 1 aromatic carbocycles. The molecule has 0 aliphatic carbocycles. The first kappa shape index (κ1) is 31.5. The van der Waals surface area contributed by atoms with Gasteiger partial charge in [-0.1, -0.05) is 83.2 Å². The molecule has 7 nitrogen and oxygen atoms in total. The Hall–Kier alpha value is -2.57. The van der Waals surface area contributed by atoms with Gasteiger partial charge < -0.3 is 20.3 Å². The Labute approximate surface area is 218 Å². The van der Waals surface area contributed by atoms with E-state index in [2.05, 4.69) is 24.5 Å². The molecule has 0 aromatic heterocycles. The maximum absolute atomic E-state index is 14.1. The number of rotatable bonds is 14. The van der Waals surface area contributed by atoms with Crippen molar-refractivity contribution in [2.24, 2.45) is 5.92 Å². The van der Waals surface area contributed by atoms with Gasteiger partial charge in [0.2, 0.25) is 11.8 Å². The van der Waals surface area contributed by atoms with Crippen molar-refractivity contribution in [3.05, 3.63) is 35.4 Å². The Balaban J connectivity index is 3.44. The van der Waals surface area contributed by atoms with Gasteiger partial charge in [0.05, 0.1) is 0 Å². The molecule has 3 amide bonds. The molecule has 0 radical (unpaired) electrons. The van der Waals surface area contributed by atoms with Gasteiger partial charge in [0, 0.05) is 13.1 Å². The molecule has 36 heavy (non-hydrogen) atoms. The third-order valence-corrected chi connectivity index (χ3v) is 6.22. The highest BCUT2D eigenvalue weighted by molar-refractivity contribution is 5.92. The van der Waals surface area contributed by atoms with Crippen LogP contribution in [0.5, 0.6) is 0 Å². The maximum atomic E-state index is 14.1. The molecule has 3 unspecified atom stereocenters. The van der Waals surface area contributed by atoms with Gasteiger partial charge in [-0.05, 0) is 52.0 Å². The summed E-state index contributed by atoms with van der Waals surface area (Å²) in [4.78, 5) is 42.0. The van der Waals surface area contributed by atoms with E-state index in [0.717, 1.165) is 43.2 Å². The highest BCUT2D eigenvalue weighted by atomic mass is 16.6. The summed E-state index contributed by atoms with van der Waals surface area (Å²) in [5.74, 6) is -0.597. The smallest absolute Gasteiger partial charge is 0.408 e. The van der Waals surface area contributed by atoms with Gasteiger partial charge in [0.1, 0.15) is 17.7 Å². The number of carbonyl (C=O) groups excluding carboxylic acids is 3. The molecule has 0 aliphatic heterocycles. The molecule has 204 valence electrons. The monoisotopic (exact) mass is 503 g/mol. The van der Waals surface area contributed by atoms with E-state index in [1.165, 1.54) is 0 Å². The van der Waals surface area contributed by atoms with Crippen LogP contribution in [0.1, 0.15) is 104 Å². The largest absolute Gasteiger partial charge is 0.444 e. The molecule has 0 heterocycles. The third-order valence-electron chi connectivity index (χ3n) is 6.22. The molecular weight excluding hydrogens is 454 g/mol. The van der Waals surface area contributed by atoms with Crippen LogP contribution in [0.15, 0.2) is 24.3 Å². The predicted octanol–water partition coefficient (Wildman–Crippen LogP) is 5.91. The standard InChI is InChI=1S/C29H49N3O4/c1-9-12-14-20-32(27(34)24(22(5)11-3)31-28(35)36-29(6,7)8)25(26(33)30-19-13-10-2)23-17-15-21(4)16-18-23/h15-18,22,24-25H,9-14,19-20H2,1-8H3,(H,30,33)(H,31,35). The van der Waals surface area contributed by atoms with Crippen LogP contribution in [0.3, 0.4) is 0 Å². The van der Waals surface area contributed by atoms with Crippen LogP contribution in [-0.4, -0.2) is 47.5 Å². The maximum Gasteiger partial charge on any atom is 0.408 e. The van der Waals surface area contributed by atoms with E-state index < -0.39 is 23.8 Å². The number of benzene rings is 1. The van der Waals surface area contributed by atoms with Crippen LogP contribution >= 0.6 is 0 Å². The SMILES string of the molecule is CCCCCN(C(=O)C(NC(=O)OC(C)(C)C)C(C)CC)C(C(=O)NCCCC)c1ccc(C)cc1. The average Bonchev–Trinajstić information content (AvgIpc) is 2.81. The van der Waals surface area contributed by atoms with Crippen molar-refractivity contribution in [3.8, 4) is 0 Å². The van der Waals surface area contributed by atoms with Gasteiger partial charge in [0.15, 0.2) is 0 Å². The minimum atomic E-state index is -0.803. The number of hydrogen-bond donors (Lipinski definition) is 2. The minimum absolute atomic E-state index is 0.138. The zero-order chi connectivity index (χ0) is 27.3. The first-order valence-corrected chi connectivity index (χ1v) is 13.6. The highest BCUT2D eigenvalue weighted by Gasteiger charge is 2.37. The first-order chi connectivity index (χ1) is 16.9. The Morgan fingerprint density at radius 3 is 2.11 bits per heavy atom. The van der Waals surface area contributed by atoms with Crippen LogP contribution in [0, 0.1) is 12.8 Å². The van der Waals surface area contributed by atoms with E-state index in [1.54, 1.807) is 25.7 Å². The van der Waals surface area contributed by atoms with Gasteiger partial charge in [-0.3, -0.25) is 9.59 Å². The second-order valence-electron chi connectivity index (χ2n) is 10.7. The summed E-state index contributed by atoms with van der Waals surface area (Å²) in [6.07, 6.45) is 4.59. The second kappa shape index (κ2) is 15.5. The quantitative estimate of drug-likeness (QED) is 0.309. The summed E-state index contributed by atoms with van der Waals surface area (Å²) < 4.78 is 5.46. The van der Waals surface area contributed by atoms with Gasteiger partial charge in [-0.15, -0.1) is 0 Å². The second-order valence-corrected chi connectivity index (χ2v) is 10.7. The number of aryl methyl sites for hydroxylation is 1. The van der Waals surface area contributed by atoms with E-state index in [4.69, 9.17) is 4.74 Å². The van der Waals surface area contributed by atoms with E-state index in [9.17, 15) is 14.4 Å². The fourth-order valence-corrected chi connectivity index (χ4v) is 3.90. The summed E-state index contributed by atoms with van der Waals surface area (Å²) in [6, 6.07) is 6.17. The summed E-state index contributed by atoms with van der Waals surface area (Å²) in [7, 11) is 0. The van der Waals surface area contributed by atoms with Gasteiger partial charge in [0.25, 0.3) is 0 Å². The number of hydrogen-bond acceptors (Lipinski definition) is 4. The molecule has 0 bridgehead atoms. The summed E-state index contributed by atoms with van der Waals surface area (Å²) in [6.45, 7) is 16.4. The zero-order valence-electron chi connectivity index (χ0n) is 23.8. The lowest BCUT2D eigenvalue weighted by molar-refractivity contribution is -0.143. The van der Waals surface area contributed by atoms with Crippen molar-refractivity contribution in [3.63, 3.8) is 0 Å². The third kappa shape index (κ3) is 10.6. The van der Waals surface area contributed by atoms with Crippen LogP contribution in [0.25, 0.3) is 0 Å². The van der Waals surface area contributed by atoms with E-state index >= 15 is 0 Å².